The van der Waals surface area contributed by atoms with Gasteiger partial charge in [-0.25, -0.2) is 4.79 Å². The summed E-state index contributed by atoms with van der Waals surface area (Å²) in [4.78, 5) is 28.1. The molecular formula is C26H32N2O6Si. The fourth-order valence-corrected chi connectivity index (χ4v) is 9.73. The van der Waals surface area contributed by atoms with Gasteiger partial charge in [-0.05, 0) is 12.3 Å². The molecule has 0 amide bonds. The summed E-state index contributed by atoms with van der Waals surface area (Å²) in [7, 11) is -2.85. The van der Waals surface area contributed by atoms with E-state index in [2.05, 4.69) is 4.98 Å². The number of aromatic nitrogens is 2. The van der Waals surface area contributed by atoms with Crippen LogP contribution >= 0.6 is 0 Å². The molecule has 1 aliphatic heterocycles. The van der Waals surface area contributed by atoms with Crippen LogP contribution in [-0.4, -0.2) is 58.1 Å². The Hall–Kier alpha value is -2.82. The summed E-state index contributed by atoms with van der Waals surface area (Å²) in [6.07, 6.45) is -1.30. The topological polar surface area (TPSA) is 125 Å². The van der Waals surface area contributed by atoms with Gasteiger partial charge in [0.1, 0.15) is 17.8 Å². The zero-order chi connectivity index (χ0) is 25.6. The lowest BCUT2D eigenvalue weighted by Crippen LogP contribution is -2.77. The van der Waals surface area contributed by atoms with Crippen LogP contribution in [0.25, 0.3) is 0 Å². The molecule has 1 saturated heterocycles. The first-order chi connectivity index (χ1) is 16.5. The average molecular weight is 497 g/mol. The van der Waals surface area contributed by atoms with Crippen molar-refractivity contribution in [3.8, 4) is 0 Å². The Labute approximate surface area is 205 Å². The van der Waals surface area contributed by atoms with Crippen molar-refractivity contribution < 1.29 is 20.1 Å². The number of hydrogen-bond acceptors (Lipinski definition) is 6. The SMILES string of the molecule is Cc1cn([C@]2([SiH](c3ccccc3)c3ccccc3)O[C@H](CO)[C@@H](O)[C@]2(O)C(C)(C)C)c(=O)[nH]c1=O. The van der Waals surface area contributed by atoms with Crippen molar-refractivity contribution in [2.24, 2.45) is 5.41 Å². The Bertz CT molecular complexity index is 1260. The van der Waals surface area contributed by atoms with Gasteiger partial charge in [0.15, 0.2) is 14.1 Å². The van der Waals surface area contributed by atoms with Crippen LogP contribution in [0.2, 0.25) is 0 Å². The van der Waals surface area contributed by atoms with Gasteiger partial charge >= 0.3 is 5.69 Å². The van der Waals surface area contributed by atoms with Crippen LogP contribution in [-0.2, 0) is 10.1 Å². The maximum Gasteiger partial charge on any atom is 0.330 e. The minimum Gasteiger partial charge on any atom is -0.394 e. The third kappa shape index (κ3) is 3.75. The molecule has 0 unspecified atom stereocenters. The molecule has 4 rings (SSSR count). The maximum absolute atomic E-state index is 13.5. The fourth-order valence-electron chi connectivity index (χ4n) is 5.40. The van der Waals surface area contributed by atoms with Crippen molar-refractivity contribution in [3.05, 3.63) is 93.3 Å². The first kappa shape index (κ1) is 25.3. The number of ether oxygens (including phenoxy) is 1. The third-order valence-corrected chi connectivity index (χ3v) is 10.9. The van der Waals surface area contributed by atoms with Gasteiger partial charge < -0.3 is 20.1 Å². The average Bonchev–Trinajstić information content (AvgIpc) is 3.06. The zero-order valence-corrected chi connectivity index (χ0v) is 21.5. The van der Waals surface area contributed by atoms with Crippen molar-refractivity contribution >= 4 is 19.2 Å². The molecule has 0 bridgehead atoms. The number of H-pyrrole nitrogens is 1. The van der Waals surface area contributed by atoms with E-state index in [9.17, 15) is 24.9 Å². The van der Waals surface area contributed by atoms with E-state index in [1.165, 1.54) is 10.8 Å². The van der Waals surface area contributed by atoms with Gasteiger partial charge in [0.2, 0.25) is 0 Å². The molecule has 1 aromatic heterocycles. The maximum atomic E-state index is 13.5. The van der Waals surface area contributed by atoms with Gasteiger partial charge in [-0.2, -0.15) is 0 Å². The lowest BCUT2D eigenvalue weighted by Gasteiger charge is -2.53. The van der Waals surface area contributed by atoms with Gasteiger partial charge in [-0.15, -0.1) is 0 Å². The van der Waals surface area contributed by atoms with Crippen LogP contribution in [0.1, 0.15) is 26.3 Å². The third-order valence-electron chi connectivity index (χ3n) is 7.12. The van der Waals surface area contributed by atoms with E-state index in [0.29, 0.717) is 0 Å². The summed E-state index contributed by atoms with van der Waals surface area (Å²) in [5, 5.41) is 34.2. The molecule has 9 heteroatoms. The van der Waals surface area contributed by atoms with E-state index in [1.54, 1.807) is 27.7 Å². The van der Waals surface area contributed by atoms with Crippen LogP contribution in [0.3, 0.4) is 0 Å². The van der Waals surface area contributed by atoms with E-state index >= 15 is 0 Å². The minimum atomic E-state index is -2.85. The monoisotopic (exact) mass is 496 g/mol. The molecule has 1 fully saturated rings. The van der Waals surface area contributed by atoms with E-state index < -0.39 is 55.2 Å². The number of nitrogens with zero attached hydrogens (tertiary/aromatic N) is 1. The highest BCUT2D eigenvalue weighted by Gasteiger charge is 2.73. The molecule has 0 spiro atoms. The second kappa shape index (κ2) is 9.00. The highest BCUT2D eigenvalue weighted by Crippen LogP contribution is 2.53. The van der Waals surface area contributed by atoms with E-state index in [-0.39, 0.29) is 5.56 Å². The summed E-state index contributed by atoms with van der Waals surface area (Å²) in [6, 6.07) is 18.9. The number of aromatic amines is 1. The van der Waals surface area contributed by atoms with Crippen LogP contribution in [0.4, 0.5) is 0 Å². The molecule has 35 heavy (non-hydrogen) atoms. The largest absolute Gasteiger partial charge is 0.394 e. The summed E-state index contributed by atoms with van der Waals surface area (Å²) >= 11 is 0. The standard InChI is InChI=1S/C26H32N2O6Si/c1-17-15-28(23(32)27-22(17)31)26(25(33,24(2,3)4)21(30)20(16-29)34-26)35(18-11-7-5-8-12-18)19-13-9-6-10-14-19/h5-15,20-21,29-30,33,35H,16H2,1-4H3,(H,27,31,32)/t20-,21-,25+,26+/m1/s1. The van der Waals surface area contributed by atoms with E-state index in [1.807, 2.05) is 60.7 Å². The Morgan fingerprint density at radius 1 is 1.03 bits per heavy atom. The minimum absolute atomic E-state index is 0.250. The molecule has 2 heterocycles. The molecule has 0 saturated carbocycles. The predicted molar refractivity (Wildman–Crippen MR) is 136 cm³/mol. The number of benzene rings is 2. The van der Waals surface area contributed by atoms with E-state index in [4.69, 9.17) is 4.74 Å². The van der Waals surface area contributed by atoms with Crippen LogP contribution in [0, 0.1) is 12.3 Å². The molecule has 0 radical (unpaired) electrons. The predicted octanol–water partition coefficient (Wildman–Crippen LogP) is -0.392. The van der Waals surface area contributed by atoms with Gasteiger partial charge in [-0.1, -0.05) is 91.8 Å². The second-order valence-corrected chi connectivity index (χ2v) is 13.2. The smallest absolute Gasteiger partial charge is 0.330 e. The molecule has 8 nitrogen and oxygen atoms in total. The zero-order valence-electron chi connectivity index (χ0n) is 20.3. The first-order valence-corrected chi connectivity index (χ1v) is 13.3. The number of aliphatic hydroxyl groups is 3. The van der Waals surface area contributed by atoms with Crippen LogP contribution < -0.4 is 21.6 Å². The van der Waals surface area contributed by atoms with Crippen molar-refractivity contribution in [1.29, 1.82) is 0 Å². The molecule has 1 aliphatic rings. The molecule has 3 aromatic rings. The quantitative estimate of drug-likeness (QED) is 0.357. The van der Waals surface area contributed by atoms with Crippen LogP contribution in [0.15, 0.2) is 76.4 Å². The summed E-state index contributed by atoms with van der Waals surface area (Å²) in [5.41, 5.74) is -4.12. The second-order valence-electron chi connectivity index (χ2n) is 10.2. The van der Waals surface area contributed by atoms with E-state index in [0.717, 1.165) is 10.4 Å². The molecule has 0 aliphatic carbocycles. The highest BCUT2D eigenvalue weighted by atomic mass is 28.3. The van der Waals surface area contributed by atoms with Crippen molar-refractivity contribution in [2.45, 2.75) is 50.9 Å². The van der Waals surface area contributed by atoms with Gasteiger partial charge in [0.05, 0.1) is 6.61 Å². The number of aliphatic hydroxyl groups excluding tert-OH is 2. The lowest BCUT2D eigenvalue weighted by molar-refractivity contribution is -0.197. The number of aryl methyl sites for hydroxylation is 1. The molecular weight excluding hydrogens is 464 g/mol. The molecule has 4 atom stereocenters. The van der Waals surface area contributed by atoms with Gasteiger partial charge in [-0.3, -0.25) is 14.3 Å². The Morgan fingerprint density at radius 2 is 1.54 bits per heavy atom. The fraction of sp³-hybridized carbons (Fsp3) is 0.385. The number of nitrogens with one attached hydrogen (secondary N) is 1. The Kier molecular flexibility index (Phi) is 6.50. The molecule has 4 N–H and O–H groups in total. The van der Waals surface area contributed by atoms with Gasteiger partial charge in [0.25, 0.3) is 5.56 Å². The summed E-state index contributed by atoms with van der Waals surface area (Å²) in [5.74, 6) is 0. The number of hydrogen-bond donors (Lipinski definition) is 4. The van der Waals surface area contributed by atoms with Crippen molar-refractivity contribution in [2.75, 3.05) is 6.61 Å². The highest BCUT2D eigenvalue weighted by molar-refractivity contribution is 6.87. The van der Waals surface area contributed by atoms with Crippen molar-refractivity contribution in [3.63, 3.8) is 0 Å². The first-order valence-electron chi connectivity index (χ1n) is 11.6. The van der Waals surface area contributed by atoms with Gasteiger partial charge in [0, 0.05) is 11.8 Å². The Balaban J connectivity index is 2.22. The Morgan fingerprint density at radius 3 is 2.00 bits per heavy atom. The summed E-state index contributed by atoms with van der Waals surface area (Å²) < 4.78 is 7.78. The molecule has 186 valence electrons. The molecule has 2 aromatic carbocycles. The van der Waals surface area contributed by atoms with Crippen LogP contribution in [0.5, 0.6) is 0 Å². The van der Waals surface area contributed by atoms with Crippen molar-refractivity contribution in [1.82, 2.24) is 9.55 Å². The normalized spacial score (nSPS) is 26.9. The number of rotatable bonds is 5. The summed E-state index contributed by atoms with van der Waals surface area (Å²) in [6.45, 7) is 6.29. The lowest BCUT2D eigenvalue weighted by atomic mass is 9.71.